The van der Waals surface area contributed by atoms with Gasteiger partial charge in [-0.2, -0.15) is 0 Å². The molecule has 4 amide bonds. The molecule has 0 unspecified atom stereocenters. The Hall–Kier alpha value is -2.74. The Labute approximate surface area is 155 Å². The maximum absolute atomic E-state index is 12.7. The van der Waals surface area contributed by atoms with Crippen LogP contribution in [0.15, 0.2) is 29.6 Å². The molecule has 26 heavy (non-hydrogen) atoms. The number of thiazole rings is 1. The first-order valence-corrected chi connectivity index (χ1v) is 9.24. The van der Waals surface area contributed by atoms with Gasteiger partial charge in [-0.05, 0) is 19.1 Å². The maximum atomic E-state index is 12.7. The van der Waals surface area contributed by atoms with E-state index < -0.39 is 6.03 Å². The molecule has 136 valence electrons. The number of aryl methyl sites for hydroxylation is 1. The minimum absolute atomic E-state index is 0.0979. The summed E-state index contributed by atoms with van der Waals surface area (Å²) in [5.74, 6) is -0.466. The smallest absolute Gasteiger partial charge is 0.328 e. The molecule has 3 rings (SSSR count). The summed E-state index contributed by atoms with van der Waals surface area (Å²) in [6, 6.07) is 6.38. The highest BCUT2D eigenvalue weighted by Crippen LogP contribution is 2.23. The summed E-state index contributed by atoms with van der Waals surface area (Å²) < 4.78 is 0. The Morgan fingerprint density at radius 1 is 1.38 bits per heavy atom. The zero-order valence-corrected chi connectivity index (χ0v) is 15.4. The van der Waals surface area contributed by atoms with E-state index in [-0.39, 0.29) is 30.7 Å². The zero-order valence-electron chi connectivity index (χ0n) is 14.6. The highest BCUT2D eigenvalue weighted by Gasteiger charge is 2.27. The fourth-order valence-corrected chi connectivity index (χ4v) is 3.58. The van der Waals surface area contributed by atoms with Gasteiger partial charge in [0.25, 0.3) is 5.91 Å². The van der Waals surface area contributed by atoms with Gasteiger partial charge in [-0.3, -0.25) is 19.8 Å². The number of hydrogen-bond donors (Lipinski definition) is 2. The minimum atomic E-state index is -0.506. The molecular formula is C18H20N4O3S. The second-order valence-electron chi connectivity index (χ2n) is 6.21. The molecule has 7 nitrogen and oxygen atoms in total. The predicted octanol–water partition coefficient (Wildman–Crippen LogP) is 2.43. The van der Waals surface area contributed by atoms with Gasteiger partial charge in [-0.15, -0.1) is 11.3 Å². The summed E-state index contributed by atoms with van der Waals surface area (Å²) in [6.45, 7) is 4.65. The van der Waals surface area contributed by atoms with E-state index in [4.69, 9.17) is 0 Å². The molecule has 0 spiro atoms. The van der Waals surface area contributed by atoms with E-state index >= 15 is 0 Å². The van der Waals surface area contributed by atoms with E-state index in [2.05, 4.69) is 15.6 Å². The van der Waals surface area contributed by atoms with Gasteiger partial charge in [0.1, 0.15) is 0 Å². The summed E-state index contributed by atoms with van der Waals surface area (Å²) in [4.78, 5) is 42.0. The van der Waals surface area contributed by atoms with Crippen LogP contribution in [0.4, 0.5) is 10.5 Å². The second kappa shape index (κ2) is 7.65. The number of hydrogen-bond acceptors (Lipinski definition) is 5. The molecular weight excluding hydrogens is 352 g/mol. The fourth-order valence-electron chi connectivity index (χ4n) is 2.72. The van der Waals surface area contributed by atoms with Crippen LogP contribution in [-0.2, 0) is 4.79 Å². The topological polar surface area (TPSA) is 91.4 Å². The lowest BCUT2D eigenvalue weighted by atomic mass is 10.1. The number of rotatable bonds is 5. The molecule has 8 heteroatoms. The molecule has 1 aliphatic rings. The SMILES string of the molecule is Cc1csc([C@@H](C)CNC(=O)c2ccccc2N2CCC(=O)NC2=O)n1. The van der Waals surface area contributed by atoms with Crippen molar-refractivity contribution in [2.75, 3.05) is 18.0 Å². The summed E-state index contributed by atoms with van der Waals surface area (Å²) in [5, 5.41) is 8.15. The molecule has 1 aliphatic heterocycles. The van der Waals surface area contributed by atoms with Crippen molar-refractivity contribution in [1.82, 2.24) is 15.6 Å². The average molecular weight is 372 g/mol. The number of carbonyl (C=O) groups is 3. The number of amides is 4. The van der Waals surface area contributed by atoms with Crippen molar-refractivity contribution in [2.45, 2.75) is 26.2 Å². The van der Waals surface area contributed by atoms with E-state index in [1.807, 2.05) is 19.2 Å². The Balaban J connectivity index is 1.71. The molecule has 2 N–H and O–H groups in total. The number of anilines is 1. The van der Waals surface area contributed by atoms with Crippen molar-refractivity contribution >= 4 is 34.9 Å². The van der Waals surface area contributed by atoms with Gasteiger partial charge in [0, 0.05) is 36.5 Å². The van der Waals surface area contributed by atoms with Gasteiger partial charge < -0.3 is 5.32 Å². The molecule has 0 saturated carbocycles. The molecule has 1 saturated heterocycles. The monoisotopic (exact) mass is 372 g/mol. The standard InChI is InChI=1S/C18H20N4O3S/c1-11(17-20-12(2)10-26-17)9-19-16(24)13-5-3-4-6-14(13)22-8-7-15(23)21-18(22)25/h3-6,10-11H,7-9H2,1-2H3,(H,19,24)(H,21,23,25)/t11-/m0/s1. The molecule has 1 aromatic carbocycles. The number of carbonyl (C=O) groups excluding carboxylic acids is 3. The lowest BCUT2D eigenvalue weighted by Crippen LogP contribution is -2.50. The van der Waals surface area contributed by atoms with Crippen LogP contribution >= 0.6 is 11.3 Å². The third kappa shape index (κ3) is 3.91. The normalized spacial score (nSPS) is 15.5. The molecule has 1 fully saturated rings. The average Bonchev–Trinajstić information content (AvgIpc) is 3.06. The third-order valence-corrected chi connectivity index (χ3v) is 5.31. The van der Waals surface area contributed by atoms with Gasteiger partial charge in [-0.1, -0.05) is 19.1 Å². The van der Waals surface area contributed by atoms with Crippen molar-refractivity contribution in [3.05, 3.63) is 45.9 Å². The molecule has 1 aromatic heterocycles. The van der Waals surface area contributed by atoms with Gasteiger partial charge >= 0.3 is 6.03 Å². The number of benzene rings is 1. The molecule has 2 aromatic rings. The van der Waals surface area contributed by atoms with Gasteiger partial charge in [0.05, 0.1) is 16.3 Å². The number of para-hydroxylation sites is 1. The minimum Gasteiger partial charge on any atom is -0.351 e. The van der Waals surface area contributed by atoms with Crippen LogP contribution in [0.5, 0.6) is 0 Å². The van der Waals surface area contributed by atoms with E-state index in [9.17, 15) is 14.4 Å². The lowest BCUT2D eigenvalue weighted by molar-refractivity contribution is -0.120. The first kappa shape index (κ1) is 18.1. The molecule has 0 radical (unpaired) electrons. The van der Waals surface area contributed by atoms with Gasteiger partial charge in [-0.25, -0.2) is 9.78 Å². The second-order valence-corrected chi connectivity index (χ2v) is 7.10. The van der Waals surface area contributed by atoms with Gasteiger partial charge in [0.15, 0.2) is 0 Å². The number of imide groups is 1. The zero-order chi connectivity index (χ0) is 18.7. The quantitative estimate of drug-likeness (QED) is 0.843. The maximum Gasteiger partial charge on any atom is 0.328 e. The highest BCUT2D eigenvalue weighted by atomic mass is 32.1. The first-order chi connectivity index (χ1) is 12.5. The van der Waals surface area contributed by atoms with Crippen LogP contribution in [0.2, 0.25) is 0 Å². The highest BCUT2D eigenvalue weighted by molar-refractivity contribution is 7.09. The summed E-state index contributed by atoms with van der Waals surface area (Å²) >= 11 is 1.58. The Kier molecular flexibility index (Phi) is 5.32. The van der Waals surface area contributed by atoms with E-state index in [1.54, 1.807) is 35.6 Å². The number of nitrogens with one attached hydrogen (secondary N) is 2. The van der Waals surface area contributed by atoms with Crippen LogP contribution < -0.4 is 15.5 Å². The van der Waals surface area contributed by atoms with Crippen molar-refractivity contribution in [3.63, 3.8) is 0 Å². The summed E-state index contributed by atoms with van der Waals surface area (Å²) in [7, 11) is 0. The summed E-state index contributed by atoms with van der Waals surface area (Å²) in [5.41, 5.74) is 1.87. The van der Waals surface area contributed by atoms with Crippen LogP contribution in [0.25, 0.3) is 0 Å². The van der Waals surface area contributed by atoms with Crippen LogP contribution in [0.1, 0.15) is 40.3 Å². The molecule has 0 aliphatic carbocycles. The largest absolute Gasteiger partial charge is 0.351 e. The van der Waals surface area contributed by atoms with Gasteiger partial charge in [0.2, 0.25) is 5.91 Å². The Morgan fingerprint density at radius 2 is 2.15 bits per heavy atom. The van der Waals surface area contributed by atoms with Crippen LogP contribution in [-0.4, -0.2) is 35.9 Å². The number of nitrogens with zero attached hydrogens (tertiary/aromatic N) is 2. The molecule has 0 bridgehead atoms. The Bertz CT molecular complexity index is 848. The first-order valence-electron chi connectivity index (χ1n) is 8.36. The van der Waals surface area contributed by atoms with E-state index in [1.165, 1.54) is 4.90 Å². The van der Waals surface area contributed by atoms with Crippen molar-refractivity contribution in [2.24, 2.45) is 0 Å². The summed E-state index contributed by atoms with van der Waals surface area (Å²) in [6.07, 6.45) is 0.210. The number of urea groups is 1. The Morgan fingerprint density at radius 3 is 2.85 bits per heavy atom. The van der Waals surface area contributed by atoms with Crippen LogP contribution in [0.3, 0.4) is 0 Å². The lowest BCUT2D eigenvalue weighted by Gasteiger charge is -2.28. The fraction of sp³-hybridized carbons (Fsp3) is 0.333. The van der Waals surface area contributed by atoms with Crippen molar-refractivity contribution < 1.29 is 14.4 Å². The van der Waals surface area contributed by atoms with Crippen molar-refractivity contribution in [1.29, 1.82) is 0 Å². The van der Waals surface area contributed by atoms with Crippen molar-refractivity contribution in [3.8, 4) is 0 Å². The van der Waals surface area contributed by atoms with Crippen LogP contribution in [0, 0.1) is 6.92 Å². The number of aromatic nitrogens is 1. The predicted molar refractivity (Wildman–Crippen MR) is 99.5 cm³/mol. The van der Waals surface area contributed by atoms with E-state index in [0.29, 0.717) is 17.8 Å². The molecule has 1 atom stereocenters. The molecule has 2 heterocycles. The van der Waals surface area contributed by atoms with E-state index in [0.717, 1.165) is 10.7 Å². The third-order valence-electron chi connectivity index (χ3n) is 4.12.